The lowest BCUT2D eigenvalue weighted by atomic mass is 10.1. The van der Waals surface area contributed by atoms with E-state index in [1.807, 2.05) is 19.1 Å². The second kappa shape index (κ2) is 18.1. The standard InChI is InChI=1S/C18H32O2/c1-2-3-4-5-6-7-8-9-10-11-12-13-14-15-16-17-18-20-19/h3-4,6-7,9-10,19H,2,5,8,11-18H2,1H3/b4-3-,7-6-,10-9-/i5D2. The second-order valence-electron chi connectivity index (χ2n) is 4.83. The second-order valence-corrected chi connectivity index (χ2v) is 4.83. The normalized spacial score (nSPS) is 14.5. The Labute approximate surface area is 128 Å². The van der Waals surface area contributed by atoms with Gasteiger partial charge in [0.2, 0.25) is 0 Å². The van der Waals surface area contributed by atoms with E-state index in [1.165, 1.54) is 25.7 Å². The van der Waals surface area contributed by atoms with Crippen LogP contribution in [0.25, 0.3) is 0 Å². The molecular formula is C18H32O2. The Hall–Kier alpha value is -0.860. The summed E-state index contributed by atoms with van der Waals surface area (Å²) in [5.74, 6) is 0. The van der Waals surface area contributed by atoms with Crippen molar-refractivity contribution in [3.8, 4) is 0 Å². The van der Waals surface area contributed by atoms with Gasteiger partial charge in [-0.15, -0.1) is 0 Å². The maximum atomic E-state index is 8.17. The molecule has 0 unspecified atom stereocenters. The zero-order chi connectivity index (χ0) is 16.5. The molecule has 1 N–H and O–H groups in total. The van der Waals surface area contributed by atoms with Crippen LogP contribution in [0, 0.1) is 0 Å². The van der Waals surface area contributed by atoms with Crippen LogP contribution >= 0.6 is 0 Å². The van der Waals surface area contributed by atoms with Gasteiger partial charge in [-0.25, -0.2) is 4.89 Å². The van der Waals surface area contributed by atoms with Gasteiger partial charge in [0.25, 0.3) is 0 Å². The largest absolute Gasteiger partial charge is 0.252 e. The molecule has 0 radical (unpaired) electrons. The van der Waals surface area contributed by atoms with Crippen molar-refractivity contribution < 1.29 is 12.9 Å². The third-order valence-corrected chi connectivity index (χ3v) is 2.96. The third kappa shape index (κ3) is 17.1. The monoisotopic (exact) mass is 282 g/mol. The van der Waals surface area contributed by atoms with Crippen molar-refractivity contribution in [2.24, 2.45) is 0 Å². The SMILES string of the molecule is [2H]C([2H])(/C=C\CC)/C=C\C/C=C\CCCCCCCCOO. The first-order valence-electron chi connectivity index (χ1n) is 8.89. The van der Waals surface area contributed by atoms with Crippen LogP contribution in [0.2, 0.25) is 0 Å². The summed E-state index contributed by atoms with van der Waals surface area (Å²) in [6, 6.07) is 0. The molecule has 116 valence electrons. The molecule has 0 aromatic carbocycles. The molecule has 0 saturated carbocycles. The van der Waals surface area contributed by atoms with Gasteiger partial charge in [-0.05, 0) is 38.5 Å². The lowest BCUT2D eigenvalue weighted by molar-refractivity contribution is -0.242. The molecule has 20 heavy (non-hydrogen) atoms. The van der Waals surface area contributed by atoms with Crippen LogP contribution in [0.15, 0.2) is 36.5 Å². The van der Waals surface area contributed by atoms with Crippen LogP contribution in [-0.2, 0) is 4.89 Å². The van der Waals surface area contributed by atoms with Crippen LogP contribution in [-0.4, -0.2) is 11.9 Å². The third-order valence-electron chi connectivity index (χ3n) is 2.96. The van der Waals surface area contributed by atoms with Crippen molar-refractivity contribution >= 4 is 0 Å². The molecule has 0 spiro atoms. The Kier molecular flexibility index (Phi) is 14.1. The maximum absolute atomic E-state index is 8.17. The first-order valence-corrected chi connectivity index (χ1v) is 7.89. The predicted molar refractivity (Wildman–Crippen MR) is 87.8 cm³/mol. The van der Waals surface area contributed by atoms with Crippen LogP contribution in [0.5, 0.6) is 0 Å². The molecule has 0 aliphatic rings. The van der Waals surface area contributed by atoms with Gasteiger partial charge in [0.1, 0.15) is 0 Å². The topological polar surface area (TPSA) is 29.5 Å². The molecule has 2 nitrogen and oxygen atoms in total. The van der Waals surface area contributed by atoms with Gasteiger partial charge in [0, 0.05) is 2.74 Å². The Bertz CT molecular complexity index is 323. The van der Waals surface area contributed by atoms with E-state index < -0.39 is 6.37 Å². The summed E-state index contributed by atoms with van der Waals surface area (Å²) in [7, 11) is 0. The van der Waals surface area contributed by atoms with Gasteiger partial charge in [-0.3, -0.25) is 5.26 Å². The number of rotatable bonds is 14. The van der Waals surface area contributed by atoms with Crippen molar-refractivity contribution in [1.29, 1.82) is 0 Å². The summed E-state index contributed by atoms with van der Waals surface area (Å²) in [4.78, 5) is 4.03. The van der Waals surface area contributed by atoms with Crippen LogP contribution in [0.1, 0.15) is 73.8 Å². The molecule has 0 aliphatic carbocycles. The number of unbranched alkanes of at least 4 members (excludes halogenated alkanes) is 6. The molecule has 2 heteroatoms. The lowest BCUT2D eigenvalue weighted by Crippen LogP contribution is -1.88. The van der Waals surface area contributed by atoms with E-state index in [2.05, 4.69) is 17.0 Å². The van der Waals surface area contributed by atoms with E-state index in [0.29, 0.717) is 6.61 Å². The smallest absolute Gasteiger partial charge is 0.0819 e. The minimum absolute atomic E-state index is 0.447. The fraction of sp³-hybridized carbons (Fsp3) is 0.667. The molecular weight excluding hydrogens is 248 g/mol. The average Bonchev–Trinajstić information content (AvgIpc) is 2.50. The van der Waals surface area contributed by atoms with Crippen molar-refractivity contribution in [2.45, 2.75) is 71.1 Å². The van der Waals surface area contributed by atoms with E-state index in [0.717, 1.165) is 32.1 Å². The Morgan fingerprint density at radius 1 is 0.850 bits per heavy atom. The van der Waals surface area contributed by atoms with E-state index >= 15 is 0 Å². The Morgan fingerprint density at radius 2 is 1.50 bits per heavy atom. The van der Waals surface area contributed by atoms with Crippen LogP contribution < -0.4 is 0 Å². The van der Waals surface area contributed by atoms with Gasteiger partial charge < -0.3 is 0 Å². The minimum Gasteiger partial charge on any atom is -0.252 e. The highest BCUT2D eigenvalue weighted by Crippen LogP contribution is 2.07. The van der Waals surface area contributed by atoms with Gasteiger partial charge >= 0.3 is 0 Å². The van der Waals surface area contributed by atoms with Gasteiger partial charge in [-0.2, -0.15) is 0 Å². The van der Waals surface area contributed by atoms with Crippen molar-refractivity contribution in [1.82, 2.24) is 0 Å². The van der Waals surface area contributed by atoms with E-state index in [1.54, 1.807) is 12.2 Å². The molecule has 0 aromatic rings. The van der Waals surface area contributed by atoms with Gasteiger partial charge in [-0.1, -0.05) is 69.1 Å². The van der Waals surface area contributed by atoms with Crippen molar-refractivity contribution in [2.75, 3.05) is 6.61 Å². The van der Waals surface area contributed by atoms with Crippen LogP contribution in [0.3, 0.4) is 0 Å². The number of allylic oxidation sites excluding steroid dienone is 6. The number of hydrogen-bond acceptors (Lipinski definition) is 2. The fourth-order valence-corrected chi connectivity index (χ4v) is 1.81. The van der Waals surface area contributed by atoms with Crippen molar-refractivity contribution in [3.63, 3.8) is 0 Å². The predicted octanol–water partition coefficient (Wildman–Crippen LogP) is 6.07. The number of hydrogen-bond donors (Lipinski definition) is 1. The van der Waals surface area contributed by atoms with Crippen molar-refractivity contribution in [3.05, 3.63) is 36.5 Å². The lowest BCUT2D eigenvalue weighted by Gasteiger charge is -1.99. The summed E-state index contributed by atoms with van der Waals surface area (Å²) in [5, 5.41) is 8.17. The maximum Gasteiger partial charge on any atom is 0.0819 e. The molecule has 0 amide bonds. The van der Waals surface area contributed by atoms with Gasteiger partial charge in [0.05, 0.1) is 6.61 Å². The molecule has 0 rings (SSSR count). The summed E-state index contributed by atoms with van der Waals surface area (Å²) in [6.07, 6.45) is 19.6. The zero-order valence-corrected chi connectivity index (χ0v) is 12.9. The molecule has 0 saturated heterocycles. The van der Waals surface area contributed by atoms with E-state index in [9.17, 15) is 0 Å². The molecule has 0 fully saturated rings. The highest BCUT2D eigenvalue weighted by atomic mass is 17.1. The minimum atomic E-state index is -1.33. The zero-order valence-electron chi connectivity index (χ0n) is 14.9. The van der Waals surface area contributed by atoms with Crippen LogP contribution in [0.4, 0.5) is 0 Å². The molecule has 0 aromatic heterocycles. The quantitative estimate of drug-likeness (QED) is 0.181. The summed E-state index contributed by atoms with van der Waals surface area (Å²) in [5.41, 5.74) is 0. The highest BCUT2D eigenvalue weighted by molar-refractivity contribution is 4.96. The Balaban J connectivity index is 3.49. The summed E-state index contributed by atoms with van der Waals surface area (Å²) in [6.45, 7) is 2.45. The Morgan fingerprint density at radius 3 is 2.25 bits per heavy atom. The highest BCUT2D eigenvalue weighted by Gasteiger charge is 1.90. The molecule has 0 atom stereocenters. The first-order chi connectivity index (χ1) is 10.6. The summed E-state index contributed by atoms with van der Waals surface area (Å²) >= 11 is 0. The fourth-order valence-electron chi connectivity index (χ4n) is 1.81. The van der Waals surface area contributed by atoms with E-state index in [-0.39, 0.29) is 0 Å². The molecule has 0 aliphatic heterocycles. The summed E-state index contributed by atoms with van der Waals surface area (Å²) < 4.78 is 15.5. The van der Waals surface area contributed by atoms with Gasteiger partial charge in [0.15, 0.2) is 0 Å². The van der Waals surface area contributed by atoms with E-state index in [4.69, 9.17) is 8.00 Å². The first kappa shape index (κ1) is 15.5. The molecule has 0 bridgehead atoms. The average molecular weight is 282 g/mol. The molecule has 0 heterocycles.